The van der Waals surface area contributed by atoms with Gasteiger partial charge in [0.1, 0.15) is 17.0 Å². The number of thiophene rings is 1. The molecule has 0 saturated heterocycles. The van der Waals surface area contributed by atoms with Crippen molar-refractivity contribution in [3.8, 4) is 0 Å². The van der Waals surface area contributed by atoms with Crippen molar-refractivity contribution < 1.29 is 0 Å². The highest BCUT2D eigenvalue weighted by atomic mass is 32.1. The molecular formula is C10H13N3S. The first kappa shape index (κ1) is 9.40. The summed E-state index contributed by atoms with van der Waals surface area (Å²) < 4.78 is 0. The zero-order chi connectivity index (χ0) is 10.1. The summed E-state index contributed by atoms with van der Waals surface area (Å²) in [4.78, 5) is 13.0. The highest BCUT2D eigenvalue weighted by molar-refractivity contribution is 7.18. The number of hydrogen-bond acceptors (Lipinski definition) is 4. The van der Waals surface area contributed by atoms with Crippen LogP contribution in [0.1, 0.15) is 11.8 Å². The van der Waals surface area contributed by atoms with Gasteiger partial charge in [-0.15, -0.1) is 11.3 Å². The zero-order valence-corrected chi connectivity index (χ0v) is 9.43. The van der Waals surface area contributed by atoms with Crippen molar-refractivity contribution in [1.29, 1.82) is 0 Å². The van der Waals surface area contributed by atoms with Gasteiger partial charge in [0.15, 0.2) is 0 Å². The molecule has 0 bridgehead atoms. The summed E-state index contributed by atoms with van der Waals surface area (Å²) in [5.41, 5.74) is 0. The monoisotopic (exact) mass is 207 g/mol. The largest absolute Gasteiger partial charge is 0.362 e. The Bertz CT molecular complexity index is 448. The Morgan fingerprint density at radius 2 is 2.14 bits per heavy atom. The Morgan fingerprint density at radius 1 is 1.36 bits per heavy atom. The van der Waals surface area contributed by atoms with Crippen LogP contribution in [0.2, 0.25) is 0 Å². The van der Waals surface area contributed by atoms with Gasteiger partial charge in [-0.25, -0.2) is 9.97 Å². The van der Waals surface area contributed by atoms with Crippen LogP contribution < -0.4 is 4.90 Å². The van der Waals surface area contributed by atoms with Crippen LogP contribution in [0.15, 0.2) is 12.4 Å². The van der Waals surface area contributed by atoms with E-state index >= 15 is 0 Å². The maximum absolute atomic E-state index is 4.28. The molecule has 2 rings (SSSR count). The predicted octanol–water partition coefficient (Wildman–Crippen LogP) is 2.32. The summed E-state index contributed by atoms with van der Waals surface area (Å²) in [6.45, 7) is 2.16. The van der Waals surface area contributed by atoms with E-state index in [9.17, 15) is 0 Å². The van der Waals surface area contributed by atoms with E-state index in [-0.39, 0.29) is 0 Å². The summed E-state index contributed by atoms with van der Waals surface area (Å²) in [6.07, 6.45) is 2.70. The van der Waals surface area contributed by atoms with Gasteiger partial charge >= 0.3 is 0 Å². The smallest absolute Gasteiger partial charge is 0.140 e. The van der Waals surface area contributed by atoms with Gasteiger partial charge < -0.3 is 4.90 Å². The normalized spacial score (nSPS) is 10.8. The molecule has 0 aliphatic rings. The second-order valence-electron chi connectivity index (χ2n) is 3.38. The van der Waals surface area contributed by atoms with Crippen LogP contribution in [0.4, 0.5) is 5.82 Å². The lowest BCUT2D eigenvalue weighted by atomic mass is 10.3. The number of aromatic nitrogens is 2. The molecule has 0 radical (unpaired) electrons. The summed E-state index contributed by atoms with van der Waals surface area (Å²) in [5, 5.41) is 1.17. The Morgan fingerprint density at radius 3 is 2.79 bits per heavy atom. The molecule has 0 amide bonds. The van der Waals surface area contributed by atoms with Crippen LogP contribution in [0.3, 0.4) is 0 Å². The first-order chi connectivity index (χ1) is 6.72. The molecule has 0 aromatic carbocycles. The Labute approximate surface area is 87.4 Å². The van der Waals surface area contributed by atoms with Crippen molar-refractivity contribution in [2.24, 2.45) is 0 Å². The maximum atomic E-state index is 4.28. The van der Waals surface area contributed by atoms with Crippen molar-refractivity contribution in [3.05, 3.63) is 17.3 Å². The molecule has 2 heterocycles. The van der Waals surface area contributed by atoms with Crippen molar-refractivity contribution in [1.82, 2.24) is 9.97 Å². The first-order valence-corrected chi connectivity index (χ1v) is 5.44. The van der Waals surface area contributed by atoms with Crippen LogP contribution in [0, 0.1) is 0 Å². The van der Waals surface area contributed by atoms with E-state index in [1.54, 1.807) is 17.7 Å². The van der Waals surface area contributed by atoms with Gasteiger partial charge in [-0.1, -0.05) is 6.92 Å². The molecule has 0 N–H and O–H groups in total. The highest BCUT2D eigenvalue weighted by Gasteiger charge is 2.08. The Balaban J connectivity index is 2.66. The van der Waals surface area contributed by atoms with E-state index in [2.05, 4.69) is 23.0 Å². The molecule has 3 nitrogen and oxygen atoms in total. The van der Waals surface area contributed by atoms with Gasteiger partial charge in [-0.3, -0.25) is 0 Å². The van der Waals surface area contributed by atoms with Gasteiger partial charge in [0.2, 0.25) is 0 Å². The lowest BCUT2D eigenvalue weighted by Crippen LogP contribution is -2.10. The summed E-state index contributed by atoms with van der Waals surface area (Å²) >= 11 is 1.75. The number of aryl methyl sites for hydroxylation is 1. The minimum absolute atomic E-state index is 1.01. The third kappa shape index (κ3) is 1.46. The molecule has 0 fully saturated rings. The number of hydrogen-bond donors (Lipinski definition) is 0. The summed E-state index contributed by atoms with van der Waals surface area (Å²) in [7, 11) is 4.01. The van der Waals surface area contributed by atoms with Gasteiger partial charge in [0.05, 0.1) is 5.39 Å². The molecule has 0 aliphatic carbocycles. The van der Waals surface area contributed by atoms with Crippen LogP contribution in [-0.4, -0.2) is 24.1 Å². The Kier molecular flexibility index (Phi) is 2.37. The quantitative estimate of drug-likeness (QED) is 0.756. The van der Waals surface area contributed by atoms with Crippen LogP contribution >= 0.6 is 11.3 Å². The fourth-order valence-electron chi connectivity index (χ4n) is 1.42. The molecule has 4 heteroatoms. The number of rotatable bonds is 2. The number of fused-ring (bicyclic) bond motifs is 1. The van der Waals surface area contributed by atoms with E-state index in [1.807, 2.05) is 19.0 Å². The minimum atomic E-state index is 1.01. The van der Waals surface area contributed by atoms with Crippen molar-refractivity contribution in [2.45, 2.75) is 13.3 Å². The van der Waals surface area contributed by atoms with Gasteiger partial charge in [-0.2, -0.15) is 0 Å². The van der Waals surface area contributed by atoms with Crippen LogP contribution in [0.5, 0.6) is 0 Å². The lowest BCUT2D eigenvalue weighted by molar-refractivity contribution is 1.06. The average Bonchev–Trinajstić information content (AvgIpc) is 2.59. The second kappa shape index (κ2) is 3.53. The zero-order valence-electron chi connectivity index (χ0n) is 8.61. The molecule has 0 unspecified atom stereocenters. The van der Waals surface area contributed by atoms with Crippen molar-refractivity contribution in [3.63, 3.8) is 0 Å². The van der Waals surface area contributed by atoms with Gasteiger partial charge in [-0.05, 0) is 12.5 Å². The third-order valence-electron chi connectivity index (χ3n) is 2.13. The molecule has 0 aliphatic heterocycles. The average molecular weight is 207 g/mol. The van der Waals surface area contributed by atoms with E-state index in [1.165, 1.54) is 10.3 Å². The molecule has 2 aromatic heterocycles. The van der Waals surface area contributed by atoms with E-state index < -0.39 is 0 Å². The summed E-state index contributed by atoms with van der Waals surface area (Å²) in [6, 6.07) is 2.19. The molecule has 14 heavy (non-hydrogen) atoms. The maximum Gasteiger partial charge on any atom is 0.140 e. The lowest BCUT2D eigenvalue weighted by Gasteiger charge is -2.10. The standard InChI is InChI=1S/C10H13N3S/c1-4-7-5-8-9(13(2)3)11-6-12-10(8)14-7/h5-6H,4H2,1-3H3. The highest BCUT2D eigenvalue weighted by Crippen LogP contribution is 2.29. The molecule has 74 valence electrons. The minimum Gasteiger partial charge on any atom is -0.362 e. The molecule has 0 spiro atoms. The van der Waals surface area contributed by atoms with Gasteiger partial charge in [0, 0.05) is 19.0 Å². The van der Waals surface area contributed by atoms with E-state index in [4.69, 9.17) is 0 Å². The Hall–Kier alpha value is -1.16. The molecular weight excluding hydrogens is 194 g/mol. The fourth-order valence-corrected chi connectivity index (χ4v) is 2.35. The van der Waals surface area contributed by atoms with Gasteiger partial charge in [0.25, 0.3) is 0 Å². The number of anilines is 1. The predicted molar refractivity (Wildman–Crippen MR) is 61.1 cm³/mol. The van der Waals surface area contributed by atoms with Crippen molar-refractivity contribution in [2.75, 3.05) is 19.0 Å². The van der Waals surface area contributed by atoms with Crippen LogP contribution in [-0.2, 0) is 6.42 Å². The molecule has 0 saturated carbocycles. The SMILES string of the molecule is CCc1cc2c(N(C)C)ncnc2s1. The number of nitrogens with zero attached hydrogens (tertiary/aromatic N) is 3. The van der Waals surface area contributed by atoms with Crippen LogP contribution in [0.25, 0.3) is 10.2 Å². The third-order valence-corrected chi connectivity index (χ3v) is 3.32. The first-order valence-electron chi connectivity index (χ1n) is 4.63. The van der Waals surface area contributed by atoms with Crippen molar-refractivity contribution >= 4 is 27.4 Å². The van der Waals surface area contributed by atoms with E-state index in [0.29, 0.717) is 0 Å². The second-order valence-corrected chi connectivity index (χ2v) is 4.49. The molecule has 2 aromatic rings. The fraction of sp³-hybridized carbons (Fsp3) is 0.400. The summed E-state index contributed by atoms with van der Waals surface area (Å²) in [5.74, 6) is 1.01. The topological polar surface area (TPSA) is 29.0 Å². The van der Waals surface area contributed by atoms with E-state index in [0.717, 1.165) is 17.1 Å². The molecule has 0 atom stereocenters.